The number of hydrogen-bond donors (Lipinski definition) is 2. The molecule has 0 amide bonds. The van der Waals surface area contributed by atoms with Crippen LogP contribution >= 0.6 is 0 Å². The van der Waals surface area contributed by atoms with Gasteiger partial charge in [-0.05, 0) is 19.1 Å². The molecule has 2 N–H and O–H groups in total. The van der Waals surface area contributed by atoms with E-state index in [-0.39, 0.29) is 6.04 Å². The van der Waals surface area contributed by atoms with Crippen molar-refractivity contribution in [2.75, 3.05) is 6.26 Å². The molecule has 1 heterocycles. The average molecular weight is 188 g/mol. The van der Waals surface area contributed by atoms with Crippen molar-refractivity contribution in [1.82, 2.24) is 9.71 Å². The molecule has 12 heavy (non-hydrogen) atoms. The Morgan fingerprint density at radius 1 is 1.58 bits per heavy atom. The molecule has 0 saturated heterocycles. The number of rotatable bonds is 3. The fourth-order valence-corrected chi connectivity index (χ4v) is 1.77. The fourth-order valence-electron chi connectivity index (χ4n) is 0.998. The van der Waals surface area contributed by atoms with Crippen molar-refractivity contribution in [3.05, 3.63) is 24.0 Å². The smallest absolute Gasteiger partial charge is 0.209 e. The van der Waals surface area contributed by atoms with E-state index in [1.807, 2.05) is 12.1 Å². The minimum Gasteiger partial charge on any atom is -0.364 e. The molecule has 0 spiro atoms. The predicted molar refractivity (Wildman–Crippen MR) is 47.2 cm³/mol. The van der Waals surface area contributed by atoms with Crippen LogP contribution in [0.15, 0.2) is 18.3 Å². The van der Waals surface area contributed by atoms with Crippen LogP contribution in [0.25, 0.3) is 0 Å². The van der Waals surface area contributed by atoms with Crippen molar-refractivity contribution in [3.8, 4) is 0 Å². The molecule has 68 valence electrons. The van der Waals surface area contributed by atoms with Gasteiger partial charge in [-0.3, -0.25) is 0 Å². The summed E-state index contributed by atoms with van der Waals surface area (Å²) in [6, 6.07) is 3.47. The number of aromatic amines is 1. The monoisotopic (exact) mass is 188 g/mol. The van der Waals surface area contributed by atoms with E-state index in [0.717, 1.165) is 11.9 Å². The number of aromatic nitrogens is 1. The zero-order valence-corrected chi connectivity index (χ0v) is 7.85. The second-order valence-electron chi connectivity index (χ2n) is 2.74. The van der Waals surface area contributed by atoms with Crippen LogP contribution in [-0.2, 0) is 10.0 Å². The lowest BCUT2D eigenvalue weighted by Gasteiger charge is -2.09. The number of nitrogens with one attached hydrogen (secondary N) is 2. The lowest BCUT2D eigenvalue weighted by Crippen LogP contribution is -2.25. The second kappa shape index (κ2) is 3.28. The Hall–Kier alpha value is -0.810. The van der Waals surface area contributed by atoms with E-state index in [2.05, 4.69) is 9.71 Å². The molecule has 0 aliphatic heterocycles. The van der Waals surface area contributed by atoms with Crippen molar-refractivity contribution in [3.63, 3.8) is 0 Å². The Bertz CT molecular complexity index is 328. The molecule has 1 atom stereocenters. The molecule has 1 rings (SSSR count). The molecule has 0 bridgehead atoms. The van der Waals surface area contributed by atoms with E-state index in [1.165, 1.54) is 0 Å². The Labute approximate surface area is 72.0 Å². The lowest BCUT2D eigenvalue weighted by atomic mass is 10.3. The highest BCUT2D eigenvalue weighted by Gasteiger charge is 2.10. The van der Waals surface area contributed by atoms with E-state index in [4.69, 9.17) is 0 Å². The summed E-state index contributed by atoms with van der Waals surface area (Å²) in [4.78, 5) is 2.93. The quantitative estimate of drug-likeness (QED) is 0.730. The minimum absolute atomic E-state index is 0.199. The molecule has 0 saturated carbocycles. The third-order valence-corrected chi connectivity index (χ3v) is 2.26. The summed E-state index contributed by atoms with van der Waals surface area (Å²) in [6.45, 7) is 1.78. The molecule has 1 aromatic heterocycles. The summed E-state index contributed by atoms with van der Waals surface area (Å²) in [7, 11) is -3.12. The van der Waals surface area contributed by atoms with Gasteiger partial charge in [-0.2, -0.15) is 0 Å². The zero-order chi connectivity index (χ0) is 9.19. The van der Waals surface area contributed by atoms with E-state index in [0.29, 0.717) is 0 Å². The highest BCUT2D eigenvalue weighted by Crippen LogP contribution is 2.08. The van der Waals surface area contributed by atoms with Crippen molar-refractivity contribution in [2.45, 2.75) is 13.0 Å². The van der Waals surface area contributed by atoms with Gasteiger partial charge in [-0.15, -0.1) is 0 Å². The number of hydrogen-bond acceptors (Lipinski definition) is 2. The van der Waals surface area contributed by atoms with Crippen molar-refractivity contribution in [1.29, 1.82) is 0 Å². The molecule has 0 aliphatic rings. The first-order valence-electron chi connectivity index (χ1n) is 3.59. The van der Waals surface area contributed by atoms with Crippen LogP contribution in [-0.4, -0.2) is 19.7 Å². The molecule has 0 fully saturated rings. The summed E-state index contributed by atoms with van der Waals surface area (Å²) in [6.07, 6.45) is 2.90. The minimum atomic E-state index is -3.12. The van der Waals surface area contributed by atoms with Gasteiger partial charge in [-0.1, -0.05) is 0 Å². The van der Waals surface area contributed by atoms with Gasteiger partial charge >= 0.3 is 0 Å². The first kappa shape index (κ1) is 9.28. The Kier molecular flexibility index (Phi) is 2.54. The van der Waals surface area contributed by atoms with E-state index in [1.54, 1.807) is 13.1 Å². The molecule has 0 aliphatic carbocycles. The summed E-state index contributed by atoms with van der Waals surface area (Å²) >= 11 is 0. The van der Waals surface area contributed by atoms with E-state index in [9.17, 15) is 8.42 Å². The SMILES string of the molecule is CC(NS(C)(=O)=O)c1ccc[nH]1. The molecule has 5 heteroatoms. The summed E-state index contributed by atoms with van der Waals surface area (Å²) in [5.74, 6) is 0. The number of sulfonamides is 1. The molecule has 1 aromatic rings. The molecule has 4 nitrogen and oxygen atoms in total. The molecule has 1 unspecified atom stereocenters. The van der Waals surface area contributed by atoms with Gasteiger partial charge in [0.05, 0.1) is 12.3 Å². The molecular weight excluding hydrogens is 176 g/mol. The highest BCUT2D eigenvalue weighted by atomic mass is 32.2. The molecule has 0 aromatic carbocycles. The van der Waals surface area contributed by atoms with Crippen molar-refractivity contribution in [2.24, 2.45) is 0 Å². The maximum Gasteiger partial charge on any atom is 0.209 e. The third-order valence-electron chi connectivity index (χ3n) is 1.48. The standard InChI is InChI=1S/C7H12N2O2S/c1-6(9-12(2,10)11)7-4-3-5-8-7/h3-6,8-9H,1-2H3. The zero-order valence-electron chi connectivity index (χ0n) is 7.03. The first-order chi connectivity index (χ1) is 5.49. The van der Waals surface area contributed by atoms with Crippen LogP contribution in [0.2, 0.25) is 0 Å². The topological polar surface area (TPSA) is 62.0 Å². The summed E-state index contributed by atoms with van der Waals surface area (Å²) in [5, 5.41) is 0. The van der Waals surface area contributed by atoms with E-state index < -0.39 is 10.0 Å². The Morgan fingerprint density at radius 3 is 2.67 bits per heavy atom. The van der Waals surface area contributed by atoms with Gasteiger partial charge in [0.2, 0.25) is 10.0 Å². The maximum atomic E-state index is 10.8. The average Bonchev–Trinajstić information content (AvgIpc) is 2.32. The van der Waals surface area contributed by atoms with Crippen LogP contribution in [0.1, 0.15) is 18.7 Å². The molecular formula is C7H12N2O2S. The Balaban J connectivity index is 2.68. The molecule has 0 radical (unpaired) electrons. The van der Waals surface area contributed by atoms with Gasteiger partial charge in [-0.25, -0.2) is 13.1 Å². The maximum absolute atomic E-state index is 10.8. The Morgan fingerprint density at radius 2 is 2.25 bits per heavy atom. The first-order valence-corrected chi connectivity index (χ1v) is 5.49. The highest BCUT2D eigenvalue weighted by molar-refractivity contribution is 7.88. The van der Waals surface area contributed by atoms with Gasteiger partial charge in [0.15, 0.2) is 0 Å². The van der Waals surface area contributed by atoms with E-state index >= 15 is 0 Å². The third kappa shape index (κ3) is 2.67. The van der Waals surface area contributed by atoms with Crippen molar-refractivity contribution >= 4 is 10.0 Å². The normalized spacial score (nSPS) is 14.5. The van der Waals surface area contributed by atoms with Gasteiger partial charge < -0.3 is 4.98 Å². The van der Waals surface area contributed by atoms with Gasteiger partial charge in [0, 0.05) is 11.9 Å². The van der Waals surface area contributed by atoms with Gasteiger partial charge in [0.1, 0.15) is 0 Å². The van der Waals surface area contributed by atoms with Crippen LogP contribution in [0.3, 0.4) is 0 Å². The lowest BCUT2D eigenvalue weighted by molar-refractivity contribution is 0.570. The predicted octanol–water partition coefficient (Wildman–Crippen LogP) is 0.625. The summed E-state index contributed by atoms with van der Waals surface area (Å²) < 4.78 is 24.1. The van der Waals surface area contributed by atoms with Crippen LogP contribution < -0.4 is 4.72 Å². The van der Waals surface area contributed by atoms with Crippen LogP contribution in [0, 0.1) is 0 Å². The largest absolute Gasteiger partial charge is 0.364 e. The van der Waals surface area contributed by atoms with Crippen LogP contribution in [0.4, 0.5) is 0 Å². The van der Waals surface area contributed by atoms with Crippen LogP contribution in [0.5, 0.6) is 0 Å². The van der Waals surface area contributed by atoms with Crippen molar-refractivity contribution < 1.29 is 8.42 Å². The number of H-pyrrole nitrogens is 1. The summed E-state index contributed by atoms with van der Waals surface area (Å²) in [5.41, 5.74) is 0.862. The second-order valence-corrected chi connectivity index (χ2v) is 4.52. The fraction of sp³-hybridized carbons (Fsp3) is 0.429. The van der Waals surface area contributed by atoms with Gasteiger partial charge in [0.25, 0.3) is 0 Å².